The zero-order valence-electron chi connectivity index (χ0n) is 15.8. The summed E-state index contributed by atoms with van der Waals surface area (Å²) in [7, 11) is 5.15. The molecule has 2 rings (SSSR count). The Labute approximate surface area is 173 Å². The van der Waals surface area contributed by atoms with Crippen LogP contribution in [0.2, 0.25) is 0 Å². The van der Waals surface area contributed by atoms with Crippen LogP contribution in [-0.4, -0.2) is 33.8 Å². The fraction of sp³-hybridized carbons (Fsp3) is 0.350. The highest BCUT2D eigenvalue weighted by Crippen LogP contribution is 2.19. The molecule has 0 saturated heterocycles. The molecule has 2 aromatic carbocycles. The molecule has 0 aliphatic carbocycles. The van der Waals surface area contributed by atoms with Crippen molar-refractivity contribution in [3.05, 3.63) is 59.2 Å². The second-order valence-corrected chi connectivity index (χ2v) is 5.77. The van der Waals surface area contributed by atoms with Gasteiger partial charge >= 0.3 is 0 Å². The first-order valence-electron chi connectivity index (χ1n) is 8.37. The maximum absolute atomic E-state index is 5.42. The molecule has 0 bridgehead atoms. The number of nitrogens with one attached hydrogen (secondary N) is 2. The van der Waals surface area contributed by atoms with Gasteiger partial charge in [-0.1, -0.05) is 29.8 Å². The molecule has 2 N–H and O–H groups in total. The minimum atomic E-state index is 0. The van der Waals surface area contributed by atoms with Crippen LogP contribution >= 0.6 is 24.0 Å². The Bertz CT molecular complexity index is 703. The summed E-state index contributed by atoms with van der Waals surface area (Å²) in [6, 6.07) is 14.2. The Kier molecular flexibility index (Phi) is 9.87. The second kappa shape index (κ2) is 11.6. The van der Waals surface area contributed by atoms with Crippen molar-refractivity contribution in [1.29, 1.82) is 0 Å². The molecule has 0 saturated carbocycles. The molecule has 0 heterocycles. The molecule has 2 aromatic rings. The molecule has 26 heavy (non-hydrogen) atoms. The Morgan fingerprint density at radius 2 is 1.73 bits per heavy atom. The molecule has 0 atom stereocenters. The van der Waals surface area contributed by atoms with Gasteiger partial charge in [0, 0.05) is 20.1 Å². The number of hydrogen-bond donors (Lipinski definition) is 2. The highest BCUT2D eigenvalue weighted by molar-refractivity contribution is 14.0. The van der Waals surface area contributed by atoms with E-state index in [0.29, 0.717) is 6.54 Å². The lowest BCUT2D eigenvalue weighted by Crippen LogP contribution is -2.37. The van der Waals surface area contributed by atoms with Crippen molar-refractivity contribution >= 4 is 29.9 Å². The predicted molar refractivity (Wildman–Crippen MR) is 118 cm³/mol. The summed E-state index contributed by atoms with van der Waals surface area (Å²) in [6.07, 6.45) is 0.869. The molecule has 0 amide bonds. The van der Waals surface area contributed by atoms with Crippen LogP contribution in [-0.2, 0) is 13.0 Å². The van der Waals surface area contributed by atoms with Gasteiger partial charge in [0.15, 0.2) is 5.96 Å². The van der Waals surface area contributed by atoms with Gasteiger partial charge in [0.25, 0.3) is 0 Å². The Balaban J connectivity index is 0.00000338. The lowest BCUT2D eigenvalue weighted by atomic mass is 10.1. The lowest BCUT2D eigenvalue weighted by Gasteiger charge is -2.14. The Morgan fingerprint density at radius 1 is 1.00 bits per heavy atom. The van der Waals surface area contributed by atoms with Gasteiger partial charge in [0.2, 0.25) is 0 Å². The van der Waals surface area contributed by atoms with Gasteiger partial charge in [-0.3, -0.25) is 4.99 Å². The van der Waals surface area contributed by atoms with Crippen LogP contribution in [0.3, 0.4) is 0 Å². The van der Waals surface area contributed by atoms with Crippen molar-refractivity contribution in [3.63, 3.8) is 0 Å². The van der Waals surface area contributed by atoms with Gasteiger partial charge < -0.3 is 20.1 Å². The number of aryl methyl sites for hydroxylation is 1. The van der Waals surface area contributed by atoms with Gasteiger partial charge in [-0.2, -0.15) is 0 Å². The minimum absolute atomic E-state index is 0. The largest absolute Gasteiger partial charge is 0.497 e. The molecular formula is C20H28IN3O2. The molecule has 0 radical (unpaired) electrons. The maximum Gasteiger partial charge on any atom is 0.191 e. The van der Waals surface area contributed by atoms with E-state index in [0.717, 1.165) is 30.4 Å². The van der Waals surface area contributed by atoms with Crippen molar-refractivity contribution in [2.75, 3.05) is 27.8 Å². The standard InChI is InChI=1S/C20H27N3O2.HI/c1-15-5-10-19(25-4)17(13-15)11-12-22-20(21-2)23-14-16-6-8-18(24-3)9-7-16;/h5-10,13H,11-12,14H2,1-4H3,(H2,21,22,23);1H. The quantitative estimate of drug-likeness (QED) is 0.370. The van der Waals surface area contributed by atoms with Crippen molar-refractivity contribution in [3.8, 4) is 11.5 Å². The predicted octanol–water partition coefficient (Wildman–Crippen LogP) is 3.54. The zero-order chi connectivity index (χ0) is 18.1. The molecule has 0 fully saturated rings. The highest BCUT2D eigenvalue weighted by atomic mass is 127. The van der Waals surface area contributed by atoms with Gasteiger partial charge in [-0.25, -0.2) is 0 Å². The second-order valence-electron chi connectivity index (χ2n) is 5.77. The number of benzene rings is 2. The monoisotopic (exact) mass is 469 g/mol. The number of ether oxygens (including phenoxy) is 2. The van der Waals surface area contributed by atoms with Gasteiger partial charge in [0.1, 0.15) is 11.5 Å². The van der Waals surface area contributed by atoms with Gasteiger partial charge in [0.05, 0.1) is 14.2 Å². The normalized spacial score (nSPS) is 10.7. The smallest absolute Gasteiger partial charge is 0.191 e. The third kappa shape index (κ3) is 6.74. The molecule has 0 aliphatic rings. The van der Waals surface area contributed by atoms with E-state index in [2.05, 4.69) is 34.7 Å². The number of aliphatic imine (C=N–C) groups is 1. The fourth-order valence-corrected chi connectivity index (χ4v) is 2.57. The first-order valence-corrected chi connectivity index (χ1v) is 8.37. The number of rotatable bonds is 7. The van der Waals surface area contributed by atoms with Crippen LogP contribution in [0.4, 0.5) is 0 Å². The molecule has 5 nitrogen and oxygen atoms in total. The van der Waals surface area contributed by atoms with E-state index in [1.807, 2.05) is 30.3 Å². The van der Waals surface area contributed by atoms with Crippen LogP contribution in [0.15, 0.2) is 47.5 Å². The van der Waals surface area contributed by atoms with Crippen LogP contribution < -0.4 is 20.1 Å². The summed E-state index contributed by atoms with van der Waals surface area (Å²) < 4.78 is 10.6. The van der Waals surface area contributed by atoms with E-state index in [1.165, 1.54) is 16.7 Å². The summed E-state index contributed by atoms with van der Waals surface area (Å²) in [5, 5.41) is 6.66. The van der Waals surface area contributed by atoms with E-state index < -0.39 is 0 Å². The Morgan fingerprint density at radius 3 is 2.35 bits per heavy atom. The van der Waals surface area contributed by atoms with Crippen LogP contribution in [0.1, 0.15) is 16.7 Å². The molecule has 0 aromatic heterocycles. The molecule has 0 unspecified atom stereocenters. The molecule has 0 spiro atoms. The van der Waals surface area contributed by atoms with Crippen molar-refractivity contribution < 1.29 is 9.47 Å². The van der Waals surface area contributed by atoms with E-state index in [4.69, 9.17) is 9.47 Å². The summed E-state index contributed by atoms with van der Waals surface area (Å²) in [6.45, 7) is 3.57. The average Bonchev–Trinajstić information content (AvgIpc) is 2.65. The zero-order valence-corrected chi connectivity index (χ0v) is 18.2. The minimum Gasteiger partial charge on any atom is -0.497 e. The van der Waals surface area contributed by atoms with E-state index in [-0.39, 0.29) is 24.0 Å². The topological polar surface area (TPSA) is 54.9 Å². The third-order valence-corrected chi connectivity index (χ3v) is 3.97. The third-order valence-electron chi connectivity index (χ3n) is 3.97. The lowest BCUT2D eigenvalue weighted by molar-refractivity contribution is 0.409. The average molecular weight is 469 g/mol. The van der Waals surface area contributed by atoms with Crippen molar-refractivity contribution in [2.24, 2.45) is 4.99 Å². The number of hydrogen-bond acceptors (Lipinski definition) is 3. The molecule has 6 heteroatoms. The molecular weight excluding hydrogens is 441 g/mol. The van der Waals surface area contributed by atoms with E-state index >= 15 is 0 Å². The van der Waals surface area contributed by atoms with Crippen LogP contribution in [0, 0.1) is 6.92 Å². The number of methoxy groups -OCH3 is 2. The van der Waals surface area contributed by atoms with Gasteiger partial charge in [-0.05, 0) is 42.7 Å². The van der Waals surface area contributed by atoms with Crippen LogP contribution in [0.5, 0.6) is 11.5 Å². The summed E-state index contributed by atoms with van der Waals surface area (Å²) in [5.74, 6) is 2.56. The molecule has 0 aliphatic heterocycles. The number of halogens is 1. The van der Waals surface area contributed by atoms with E-state index in [1.54, 1.807) is 21.3 Å². The summed E-state index contributed by atoms with van der Waals surface area (Å²) in [5.41, 5.74) is 3.60. The summed E-state index contributed by atoms with van der Waals surface area (Å²) >= 11 is 0. The van der Waals surface area contributed by atoms with E-state index in [9.17, 15) is 0 Å². The SMILES string of the molecule is CN=C(NCCc1cc(C)ccc1OC)NCc1ccc(OC)cc1.I. The van der Waals surface area contributed by atoms with Crippen molar-refractivity contribution in [1.82, 2.24) is 10.6 Å². The highest BCUT2D eigenvalue weighted by Gasteiger charge is 2.04. The first kappa shape index (κ1) is 22.1. The van der Waals surface area contributed by atoms with Gasteiger partial charge in [-0.15, -0.1) is 24.0 Å². The van der Waals surface area contributed by atoms with Crippen LogP contribution in [0.25, 0.3) is 0 Å². The Hall–Kier alpha value is -1.96. The maximum atomic E-state index is 5.42. The molecule has 142 valence electrons. The first-order chi connectivity index (χ1) is 12.2. The number of guanidine groups is 1. The summed E-state index contributed by atoms with van der Waals surface area (Å²) in [4.78, 5) is 4.27. The van der Waals surface area contributed by atoms with Crippen molar-refractivity contribution in [2.45, 2.75) is 19.9 Å². The number of nitrogens with zero attached hydrogens (tertiary/aromatic N) is 1. The fourth-order valence-electron chi connectivity index (χ4n) is 2.57.